The molecule has 1 amide bonds. The van der Waals surface area contributed by atoms with Crippen LogP contribution in [0.3, 0.4) is 0 Å². The van der Waals surface area contributed by atoms with Gasteiger partial charge in [0, 0.05) is 19.5 Å². The molecule has 0 unspecified atom stereocenters. The van der Waals surface area contributed by atoms with Crippen LogP contribution in [0.15, 0.2) is 22.6 Å². The number of morpholine rings is 1. The SMILES string of the molecule is O=C(CCn1cnc2sccc2c1=O)N1CCO[C@H]2CCCC[C@@H]21. The molecule has 1 aliphatic carbocycles. The van der Waals surface area contributed by atoms with E-state index in [2.05, 4.69) is 4.98 Å². The van der Waals surface area contributed by atoms with Crippen molar-refractivity contribution in [2.45, 2.75) is 50.8 Å². The molecule has 6 nitrogen and oxygen atoms in total. The summed E-state index contributed by atoms with van der Waals surface area (Å²) in [5.74, 6) is 0.118. The van der Waals surface area contributed by atoms with Crippen LogP contribution in [0.25, 0.3) is 10.2 Å². The lowest BCUT2D eigenvalue weighted by Gasteiger charge is -2.43. The third-order valence-electron chi connectivity index (χ3n) is 5.07. The van der Waals surface area contributed by atoms with E-state index in [0.717, 1.165) is 24.1 Å². The maximum atomic E-state index is 12.7. The van der Waals surface area contributed by atoms with E-state index in [1.165, 1.54) is 17.8 Å². The molecule has 0 spiro atoms. The van der Waals surface area contributed by atoms with Crippen molar-refractivity contribution in [1.82, 2.24) is 14.5 Å². The molecule has 0 N–H and O–H groups in total. The summed E-state index contributed by atoms with van der Waals surface area (Å²) in [5, 5.41) is 2.50. The van der Waals surface area contributed by atoms with Crippen LogP contribution in [-0.4, -0.2) is 45.7 Å². The van der Waals surface area contributed by atoms with Gasteiger partial charge in [0.25, 0.3) is 5.56 Å². The fourth-order valence-electron chi connectivity index (χ4n) is 3.82. The zero-order chi connectivity index (χ0) is 16.5. The Labute approximate surface area is 144 Å². The van der Waals surface area contributed by atoms with Gasteiger partial charge in [-0.15, -0.1) is 11.3 Å². The molecular weight excluding hydrogens is 326 g/mol. The number of hydrogen-bond acceptors (Lipinski definition) is 5. The number of thiophene rings is 1. The summed E-state index contributed by atoms with van der Waals surface area (Å²) in [4.78, 5) is 32.1. The Balaban J connectivity index is 1.45. The first-order valence-corrected chi connectivity index (χ1v) is 9.46. The summed E-state index contributed by atoms with van der Waals surface area (Å²) >= 11 is 1.46. The Morgan fingerprint density at radius 2 is 2.25 bits per heavy atom. The van der Waals surface area contributed by atoms with Crippen molar-refractivity contribution >= 4 is 27.5 Å². The highest BCUT2D eigenvalue weighted by atomic mass is 32.1. The first-order valence-electron chi connectivity index (χ1n) is 8.58. The predicted octanol–water partition coefficient (Wildman–Crippen LogP) is 2.02. The Bertz CT molecular complexity index is 798. The number of nitrogens with zero attached hydrogens (tertiary/aromatic N) is 3. The van der Waals surface area contributed by atoms with Crippen molar-refractivity contribution in [3.63, 3.8) is 0 Å². The monoisotopic (exact) mass is 347 g/mol. The molecule has 2 aliphatic rings. The van der Waals surface area contributed by atoms with Gasteiger partial charge in [0.15, 0.2) is 0 Å². The van der Waals surface area contributed by atoms with Crippen molar-refractivity contribution in [2.75, 3.05) is 13.2 Å². The maximum Gasteiger partial charge on any atom is 0.262 e. The summed E-state index contributed by atoms with van der Waals surface area (Å²) in [7, 11) is 0. The van der Waals surface area contributed by atoms with Crippen LogP contribution < -0.4 is 5.56 Å². The van der Waals surface area contributed by atoms with Crippen molar-refractivity contribution in [1.29, 1.82) is 0 Å². The molecule has 0 aromatic carbocycles. The second kappa shape index (κ2) is 6.64. The quantitative estimate of drug-likeness (QED) is 0.852. The molecule has 0 radical (unpaired) electrons. The fourth-order valence-corrected chi connectivity index (χ4v) is 4.54. The third kappa shape index (κ3) is 2.86. The average molecular weight is 347 g/mol. The normalized spacial score (nSPS) is 24.1. The Kier molecular flexibility index (Phi) is 4.37. The number of ether oxygens (including phenoxy) is 1. The molecule has 128 valence electrons. The van der Waals surface area contributed by atoms with Crippen LogP contribution in [0, 0.1) is 0 Å². The van der Waals surface area contributed by atoms with Crippen LogP contribution in [-0.2, 0) is 16.1 Å². The highest BCUT2D eigenvalue weighted by molar-refractivity contribution is 7.16. The van der Waals surface area contributed by atoms with Crippen molar-refractivity contribution in [3.05, 3.63) is 28.1 Å². The molecule has 1 saturated carbocycles. The molecule has 2 aromatic rings. The zero-order valence-corrected chi connectivity index (χ0v) is 14.3. The first kappa shape index (κ1) is 15.8. The minimum Gasteiger partial charge on any atom is -0.374 e. The van der Waals surface area contributed by atoms with Gasteiger partial charge in [0.1, 0.15) is 4.83 Å². The van der Waals surface area contributed by atoms with Crippen LogP contribution in [0.4, 0.5) is 0 Å². The van der Waals surface area contributed by atoms with Gasteiger partial charge in [0.2, 0.25) is 5.91 Å². The van der Waals surface area contributed by atoms with E-state index in [9.17, 15) is 9.59 Å². The fraction of sp³-hybridized carbons (Fsp3) is 0.588. The second-order valence-electron chi connectivity index (χ2n) is 6.48. The number of aryl methyl sites for hydroxylation is 1. The van der Waals surface area contributed by atoms with E-state index < -0.39 is 0 Å². The standard InChI is InChI=1S/C17H21N3O3S/c21-15(20-8-9-23-14-4-2-1-3-13(14)20)5-7-19-11-18-16-12(17(19)22)6-10-24-16/h6,10-11,13-14H,1-5,7-9H2/t13-,14-/m0/s1. The molecule has 24 heavy (non-hydrogen) atoms. The molecule has 2 aromatic heterocycles. The molecule has 1 aliphatic heterocycles. The first-order chi connectivity index (χ1) is 11.7. The largest absolute Gasteiger partial charge is 0.374 e. The number of aromatic nitrogens is 2. The number of carbonyl (C=O) groups is 1. The van der Waals surface area contributed by atoms with Crippen molar-refractivity contribution < 1.29 is 9.53 Å². The summed E-state index contributed by atoms with van der Waals surface area (Å²) < 4.78 is 7.37. The van der Waals surface area contributed by atoms with E-state index in [4.69, 9.17) is 4.74 Å². The van der Waals surface area contributed by atoms with Crippen molar-refractivity contribution in [2.24, 2.45) is 0 Å². The van der Waals surface area contributed by atoms with E-state index >= 15 is 0 Å². The summed E-state index contributed by atoms with van der Waals surface area (Å²) in [6.07, 6.45) is 6.50. The van der Waals surface area contributed by atoms with Gasteiger partial charge in [-0.2, -0.15) is 0 Å². The topological polar surface area (TPSA) is 64.4 Å². The lowest BCUT2D eigenvalue weighted by atomic mass is 9.90. The van der Waals surface area contributed by atoms with Crippen LogP contribution in [0.1, 0.15) is 32.1 Å². The van der Waals surface area contributed by atoms with Gasteiger partial charge in [-0.1, -0.05) is 12.8 Å². The molecule has 0 bridgehead atoms. The third-order valence-corrected chi connectivity index (χ3v) is 5.89. The maximum absolute atomic E-state index is 12.7. The molecule has 2 fully saturated rings. The average Bonchev–Trinajstić information content (AvgIpc) is 3.10. The molecule has 2 atom stereocenters. The Morgan fingerprint density at radius 3 is 3.17 bits per heavy atom. The molecule has 4 rings (SSSR count). The second-order valence-corrected chi connectivity index (χ2v) is 7.38. The van der Waals surface area contributed by atoms with Gasteiger partial charge in [-0.25, -0.2) is 4.98 Å². The Morgan fingerprint density at radius 1 is 1.38 bits per heavy atom. The van der Waals surface area contributed by atoms with Gasteiger partial charge in [-0.3, -0.25) is 14.2 Å². The number of fused-ring (bicyclic) bond motifs is 2. The summed E-state index contributed by atoms with van der Waals surface area (Å²) in [6.45, 7) is 1.66. The van der Waals surface area contributed by atoms with Gasteiger partial charge < -0.3 is 9.64 Å². The zero-order valence-electron chi connectivity index (χ0n) is 13.5. The van der Waals surface area contributed by atoms with E-state index in [0.29, 0.717) is 31.5 Å². The highest BCUT2D eigenvalue weighted by Gasteiger charge is 2.36. The summed E-state index contributed by atoms with van der Waals surface area (Å²) in [5.41, 5.74) is -0.0634. The minimum absolute atomic E-state index is 0.0634. The minimum atomic E-state index is -0.0634. The van der Waals surface area contributed by atoms with E-state index in [1.54, 1.807) is 17.0 Å². The smallest absolute Gasteiger partial charge is 0.262 e. The van der Waals surface area contributed by atoms with Gasteiger partial charge in [-0.05, 0) is 24.3 Å². The molecule has 3 heterocycles. The number of amides is 1. The lowest BCUT2D eigenvalue weighted by molar-refractivity contribution is -0.149. The predicted molar refractivity (Wildman–Crippen MR) is 92.2 cm³/mol. The van der Waals surface area contributed by atoms with E-state index in [1.807, 2.05) is 10.3 Å². The lowest BCUT2D eigenvalue weighted by Crippen LogP contribution is -2.55. The summed E-state index contributed by atoms with van der Waals surface area (Å²) in [6, 6.07) is 2.01. The van der Waals surface area contributed by atoms with Crippen LogP contribution in [0.5, 0.6) is 0 Å². The number of carbonyl (C=O) groups excluding carboxylic acids is 1. The van der Waals surface area contributed by atoms with Gasteiger partial charge >= 0.3 is 0 Å². The molecule has 7 heteroatoms. The highest BCUT2D eigenvalue weighted by Crippen LogP contribution is 2.28. The van der Waals surface area contributed by atoms with E-state index in [-0.39, 0.29) is 23.6 Å². The van der Waals surface area contributed by atoms with Crippen LogP contribution in [0.2, 0.25) is 0 Å². The van der Waals surface area contributed by atoms with Crippen LogP contribution >= 0.6 is 11.3 Å². The van der Waals surface area contributed by atoms with Crippen molar-refractivity contribution in [3.8, 4) is 0 Å². The number of hydrogen-bond donors (Lipinski definition) is 0. The molecule has 1 saturated heterocycles. The Hall–Kier alpha value is -1.73. The number of rotatable bonds is 3. The van der Waals surface area contributed by atoms with Gasteiger partial charge in [0.05, 0.1) is 30.5 Å². The molecular formula is C17H21N3O3S.